The minimum absolute atomic E-state index is 0.0498. The van der Waals surface area contributed by atoms with E-state index in [-0.39, 0.29) is 10.6 Å². The van der Waals surface area contributed by atoms with Crippen molar-refractivity contribution in [2.24, 2.45) is 4.99 Å². The average molecular weight is 332 g/mol. The lowest BCUT2D eigenvalue weighted by molar-refractivity contribution is -0.296. The van der Waals surface area contributed by atoms with Crippen LogP contribution in [0.25, 0.3) is 0 Å². The van der Waals surface area contributed by atoms with Crippen molar-refractivity contribution in [2.45, 2.75) is 30.4 Å². The molecule has 0 amide bonds. The van der Waals surface area contributed by atoms with Crippen LogP contribution in [0.2, 0.25) is 5.02 Å². The zero-order valence-corrected chi connectivity index (χ0v) is 10.9. The van der Waals surface area contributed by atoms with Crippen LogP contribution in [0.1, 0.15) is 12.0 Å². The summed E-state index contributed by atoms with van der Waals surface area (Å²) in [5, 5.41) is 9.80. The van der Waals surface area contributed by atoms with Crippen molar-refractivity contribution in [2.75, 3.05) is 0 Å². The summed E-state index contributed by atoms with van der Waals surface area (Å²) in [7, 11) is 0. The SMILES string of the molecule is OC1(C(F)(F)F)CC(c2ccc(Cl)cc2)=NC1C(F)(F)F. The number of halogens is 7. The molecule has 2 atom stereocenters. The number of hydrogen-bond acceptors (Lipinski definition) is 2. The van der Waals surface area contributed by atoms with Gasteiger partial charge < -0.3 is 5.11 Å². The van der Waals surface area contributed by atoms with E-state index in [1.165, 1.54) is 24.3 Å². The molecule has 9 heteroatoms. The zero-order chi connectivity index (χ0) is 16.1. The lowest BCUT2D eigenvalue weighted by atomic mass is 9.90. The number of benzene rings is 1. The Morgan fingerprint density at radius 1 is 1.10 bits per heavy atom. The van der Waals surface area contributed by atoms with Crippen LogP contribution in [0, 0.1) is 0 Å². The van der Waals surface area contributed by atoms with E-state index in [4.69, 9.17) is 11.6 Å². The summed E-state index contributed by atoms with van der Waals surface area (Å²) < 4.78 is 76.8. The van der Waals surface area contributed by atoms with E-state index in [1.54, 1.807) is 0 Å². The van der Waals surface area contributed by atoms with Gasteiger partial charge in [0.1, 0.15) is 0 Å². The second-order valence-corrected chi connectivity index (χ2v) is 5.06. The first-order valence-corrected chi connectivity index (χ1v) is 6.01. The molecule has 1 aliphatic rings. The van der Waals surface area contributed by atoms with Gasteiger partial charge in [-0.3, -0.25) is 4.99 Å². The molecular formula is C12H8ClF6NO. The molecule has 0 saturated heterocycles. The summed E-state index contributed by atoms with van der Waals surface area (Å²) in [5.74, 6) is 0. The van der Waals surface area contributed by atoms with Crippen LogP contribution in [0.5, 0.6) is 0 Å². The third-order valence-corrected chi connectivity index (χ3v) is 3.40. The summed E-state index contributed by atoms with van der Waals surface area (Å²) in [6.45, 7) is 0. The van der Waals surface area contributed by atoms with E-state index < -0.39 is 36.1 Å². The van der Waals surface area contributed by atoms with E-state index in [1.807, 2.05) is 0 Å². The van der Waals surface area contributed by atoms with Crippen molar-refractivity contribution < 1.29 is 31.4 Å². The van der Waals surface area contributed by atoms with Gasteiger partial charge in [0.05, 0.1) is 0 Å². The van der Waals surface area contributed by atoms with Crippen LogP contribution in [0.15, 0.2) is 29.3 Å². The molecule has 1 aliphatic heterocycles. The summed E-state index contributed by atoms with van der Waals surface area (Å²) >= 11 is 5.60. The molecule has 1 aromatic carbocycles. The van der Waals surface area contributed by atoms with Gasteiger partial charge in [-0.1, -0.05) is 23.7 Å². The predicted octanol–water partition coefficient (Wildman–Crippen LogP) is 3.76. The molecule has 2 rings (SSSR count). The van der Waals surface area contributed by atoms with E-state index in [0.717, 1.165) is 0 Å². The highest BCUT2D eigenvalue weighted by molar-refractivity contribution is 6.30. The maximum atomic E-state index is 12.8. The van der Waals surface area contributed by atoms with Crippen LogP contribution in [-0.2, 0) is 0 Å². The summed E-state index contributed by atoms with van der Waals surface area (Å²) in [5.41, 5.74) is -4.37. The van der Waals surface area contributed by atoms with Crippen molar-refractivity contribution in [3.63, 3.8) is 0 Å². The third-order valence-electron chi connectivity index (χ3n) is 3.15. The molecular weight excluding hydrogens is 324 g/mol. The fourth-order valence-corrected chi connectivity index (χ4v) is 2.20. The van der Waals surface area contributed by atoms with Crippen LogP contribution in [-0.4, -0.2) is 34.8 Å². The molecule has 0 aromatic heterocycles. The maximum absolute atomic E-state index is 12.8. The molecule has 116 valence electrons. The second kappa shape index (κ2) is 4.88. The van der Waals surface area contributed by atoms with Gasteiger partial charge in [-0.15, -0.1) is 0 Å². The molecule has 2 unspecified atom stereocenters. The Morgan fingerprint density at radius 2 is 1.62 bits per heavy atom. The van der Waals surface area contributed by atoms with Crippen LogP contribution in [0.3, 0.4) is 0 Å². The van der Waals surface area contributed by atoms with Crippen molar-refractivity contribution >= 4 is 17.3 Å². The predicted molar refractivity (Wildman–Crippen MR) is 63.5 cm³/mol. The first-order valence-electron chi connectivity index (χ1n) is 5.63. The summed E-state index contributed by atoms with van der Waals surface area (Å²) in [6, 6.07) is 1.88. The number of rotatable bonds is 1. The normalized spacial score (nSPS) is 26.9. The minimum atomic E-state index is -5.45. The van der Waals surface area contributed by atoms with E-state index in [9.17, 15) is 31.4 Å². The van der Waals surface area contributed by atoms with Crippen molar-refractivity contribution in [1.82, 2.24) is 0 Å². The Bertz CT molecular complexity index is 565. The number of aliphatic hydroxyl groups is 1. The van der Waals surface area contributed by atoms with Gasteiger partial charge in [-0.25, -0.2) is 0 Å². The van der Waals surface area contributed by atoms with Gasteiger partial charge in [-0.2, -0.15) is 26.3 Å². The molecule has 0 fully saturated rings. The van der Waals surface area contributed by atoms with Gasteiger partial charge in [-0.05, 0) is 17.7 Å². The van der Waals surface area contributed by atoms with Crippen LogP contribution >= 0.6 is 11.6 Å². The quantitative estimate of drug-likeness (QED) is 0.781. The number of alkyl halides is 6. The third kappa shape index (κ3) is 2.87. The Hall–Kier alpha value is -1.28. The molecule has 1 heterocycles. The van der Waals surface area contributed by atoms with Gasteiger partial charge in [0.2, 0.25) is 0 Å². The first kappa shape index (κ1) is 16.1. The highest BCUT2D eigenvalue weighted by Crippen LogP contribution is 2.47. The van der Waals surface area contributed by atoms with Gasteiger partial charge in [0.25, 0.3) is 0 Å². The lowest BCUT2D eigenvalue weighted by Crippen LogP contribution is -2.56. The van der Waals surface area contributed by atoms with E-state index >= 15 is 0 Å². The Morgan fingerprint density at radius 3 is 2.00 bits per heavy atom. The summed E-state index contributed by atoms with van der Waals surface area (Å²) in [4.78, 5) is 3.06. The Balaban J connectivity index is 2.46. The van der Waals surface area contributed by atoms with Gasteiger partial charge in [0.15, 0.2) is 11.6 Å². The van der Waals surface area contributed by atoms with Crippen molar-refractivity contribution in [3.8, 4) is 0 Å². The minimum Gasteiger partial charge on any atom is -0.378 e. The smallest absolute Gasteiger partial charge is 0.378 e. The topological polar surface area (TPSA) is 32.6 Å². The molecule has 1 N–H and O–H groups in total. The number of aliphatic imine (C=N–C) groups is 1. The van der Waals surface area contributed by atoms with Crippen molar-refractivity contribution in [3.05, 3.63) is 34.9 Å². The molecule has 0 radical (unpaired) electrons. The molecule has 0 bridgehead atoms. The number of nitrogens with zero attached hydrogens (tertiary/aromatic N) is 1. The number of hydrogen-bond donors (Lipinski definition) is 1. The second-order valence-electron chi connectivity index (χ2n) is 4.63. The Kier molecular flexibility index (Phi) is 3.74. The van der Waals surface area contributed by atoms with E-state index in [0.29, 0.717) is 0 Å². The lowest BCUT2D eigenvalue weighted by Gasteiger charge is -2.31. The standard InChI is InChI=1S/C12H8ClF6NO/c13-7-3-1-6(2-4-7)8-5-10(21,12(17,18)19)9(20-8)11(14,15)16/h1-4,9,21H,5H2. The fourth-order valence-electron chi connectivity index (χ4n) is 2.08. The fraction of sp³-hybridized carbons (Fsp3) is 0.417. The molecule has 0 spiro atoms. The largest absolute Gasteiger partial charge is 0.420 e. The Labute approximate surface area is 120 Å². The van der Waals surface area contributed by atoms with Gasteiger partial charge in [0, 0.05) is 17.2 Å². The highest BCUT2D eigenvalue weighted by atomic mass is 35.5. The van der Waals surface area contributed by atoms with Crippen LogP contribution in [0.4, 0.5) is 26.3 Å². The average Bonchev–Trinajstić information content (AvgIpc) is 2.69. The molecule has 2 nitrogen and oxygen atoms in total. The maximum Gasteiger partial charge on any atom is 0.420 e. The molecule has 1 aromatic rings. The van der Waals surface area contributed by atoms with E-state index in [2.05, 4.69) is 4.99 Å². The first-order chi connectivity index (χ1) is 9.45. The molecule has 0 saturated carbocycles. The van der Waals surface area contributed by atoms with Gasteiger partial charge >= 0.3 is 12.4 Å². The van der Waals surface area contributed by atoms with Crippen LogP contribution < -0.4 is 0 Å². The molecule has 21 heavy (non-hydrogen) atoms. The zero-order valence-electron chi connectivity index (χ0n) is 10.1. The summed E-state index contributed by atoms with van der Waals surface area (Å²) in [6.07, 6.45) is -12.0. The highest BCUT2D eigenvalue weighted by Gasteiger charge is 2.69. The monoisotopic (exact) mass is 331 g/mol. The van der Waals surface area contributed by atoms with Crippen molar-refractivity contribution in [1.29, 1.82) is 0 Å². The molecule has 0 aliphatic carbocycles.